The fraction of sp³-hybridized carbons (Fsp3) is 0.150. The lowest BCUT2D eigenvalue weighted by atomic mass is 9.91. The number of hydrogen-bond donors (Lipinski definition) is 0. The molecule has 0 saturated carbocycles. The summed E-state index contributed by atoms with van der Waals surface area (Å²) in [5.41, 5.74) is 1.01. The van der Waals surface area contributed by atoms with Crippen LogP contribution in [0.15, 0.2) is 54.6 Å². The summed E-state index contributed by atoms with van der Waals surface area (Å²) in [6, 6.07) is 19.0. The molecule has 2 nitrogen and oxygen atoms in total. The Bertz CT molecular complexity index is 1010. The largest absolute Gasteiger partial charge is 0.457 e. The minimum absolute atomic E-state index is 0.129. The number of benzene rings is 4. The molecule has 0 aliphatic carbocycles. The van der Waals surface area contributed by atoms with Gasteiger partial charge in [-0.1, -0.05) is 54.6 Å². The topological polar surface area (TPSA) is 26.3 Å². The van der Waals surface area contributed by atoms with Crippen molar-refractivity contribution >= 4 is 49.9 Å². The minimum Gasteiger partial charge on any atom is -0.457 e. The van der Waals surface area contributed by atoms with Crippen LogP contribution in [0.25, 0.3) is 32.3 Å². The average Bonchev–Trinajstić information content (AvgIpc) is 2.59. The van der Waals surface area contributed by atoms with Gasteiger partial charge in [0, 0.05) is 5.56 Å². The van der Waals surface area contributed by atoms with E-state index in [1.54, 1.807) is 0 Å². The van der Waals surface area contributed by atoms with Gasteiger partial charge < -0.3 is 4.74 Å². The van der Waals surface area contributed by atoms with Gasteiger partial charge in [-0.2, -0.15) is 0 Å². The smallest absolute Gasteiger partial charge is 0.321 e. The van der Waals surface area contributed by atoms with Crippen molar-refractivity contribution < 1.29 is 9.53 Å². The van der Waals surface area contributed by atoms with E-state index in [1.807, 2.05) is 13.0 Å². The molecule has 4 aromatic rings. The standard InChI is InChI=1S/C20H15ClO2/c1-12(23-18(22)11-21)16-9-7-15-6-5-13-3-2-4-14-8-10-17(16)20(15)19(13)14/h2-10,12H,11H2,1H3. The first-order valence-electron chi connectivity index (χ1n) is 7.61. The van der Waals surface area contributed by atoms with E-state index in [0.29, 0.717) is 0 Å². The van der Waals surface area contributed by atoms with E-state index in [2.05, 4.69) is 48.5 Å². The van der Waals surface area contributed by atoms with E-state index in [0.717, 1.165) is 10.9 Å². The summed E-state index contributed by atoms with van der Waals surface area (Å²) >= 11 is 5.55. The van der Waals surface area contributed by atoms with Crippen LogP contribution in [0.1, 0.15) is 18.6 Å². The quantitative estimate of drug-likeness (QED) is 0.286. The Kier molecular flexibility index (Phi) is 3.35. The van der Waals surface area contributed by atoms with Crippen molar-refractivity contribution in [3.8, 4) is 0 Å². The molecule has 114 valence electrons. The lowest BCUT2D eigenvalue weighted by Gasteiger charge is -2.18. The van der Waals surface area contributed by atoms with Gasteiger partial charge in [-0.15, -0.1) is 11.6 Å². The fourth-order valence-electron chi connectivity index (χ4n) is 3.40. The van der Waals surface area contributed by atoms with Crippen molar-refractivity contribution in [1.82, 2.24) is 0 Å². The van der Waals surface area contributed by atoms with Crippen molar-refractivity contribution in [2.45, 2.75) is 13.0 Å². The summed E-state index contributed by atoms with van der Waals surface area (Å²) in [6.45, 7) is 1.89. The molecule has 23 heavy (non-hydrogen) atoms. The number of alkyl halides is 1. The second kappa shape index (κ2) is 5.39. The van der Waals surface area contributed by atoms with Crippen LogP contribution >= 0.6 is 11.6 Å². The van der Waals surface area contributed by atoms with Crippen molar-refractivity contribution in [1.29, 1.82) is 0 Å². The monoisotopic (exact) mass is 322 g/mol. The predicted octanol–water partition coefficient (Wildman–Crippen LogP) is 5.43. The highest BCUT2D eigenvalue weighted by Crippen LogP contribution is 2.38. The van der Waals surface area contributed by atoms with E-state index in [-0.39, 0.29) is 12.0 Å². The Hall–Kier alpha value is -2.32. The molecular formula is C20H15ClO2. The summed E-state index contributed by atoms with van der Waals surface area (Å²) < 4.78 is 5.40. The number of rotatable bonds is 3. The maximum absolute atomic E-state index is 11.5. The molecule has 0 bridgehead atoms. The highest BCUT2D eigenvalue weighted by atomic mass is 35.5. The molecule has 4 rings (SSSR count). The summed E-state index contributed by atoms with van der Waals surface area (Å²) in [6.07, 6.45) is -0.328. The average molecular weight is 323 g/mol. The van der Waals surface area contributed by atoms with E-state index in [4.69, 9.17) is 16.3 Å². The molecule has 0 spiro atoms. The molecule has 1 unspecified atom stereocenters. The van der Waals surface area contributed by atoms with Gasteiger partial charge in [0.1, 0.15) is 12.0 Å². The molecule has 0 N–H and O–H groups in total. The van der Waals surface area contributed by atoms with Crippen LogP contribution in [-0.4, -0.2) is 11.8 Å². The molecule has 0 aromatic heterocycles. The van der Waals surface area contributed by atoms with Crippen molar-refractivity contribution in [3.63, 3.8) is 0 Å². The number of carbonyl (C=O) groups excluding carboxylic acids is 1. The first-order valence-corrected chi connectivity index (χ1v) is 8.14. The zero-order valence-electron chi connectivity index (χ0n) is 12.7. The van der Waals surface area contributed by atoms with Gasteiger partial charge in [-0.25, -0.2) is 0 Å². The molecular weight excluding hydrogens is 308 g/mol. The molecule has 0 radical (unpaired) electrons. The zero-order chi connectivity index (χ0) is 16.0. The first kappa shape index (κ1) is 14.3. The normalized spacial score (nSPS) is 13.0. The maximum Gasteiger partial charge on any atom is 0.321 e. The summed E-state index contributed by atoms with van der Waals surface area (Å²) in [7, 11) is 0. The van der Waals surface area contributed by atoms with Gasteiger partial charge in [-0.3, -0.25) is 4.79 Å². The molecule has 4 aromatic carbocycles. The van der Waals surface area contributed by atoms with E-state index in [9.17, 15) is 4.79 Å². The second-order valence-corrected chi connectivity index (χ2v) is 6.04. The second-order valence-electron chi connectivity index (χ2n) is 5.78. The van der Waals surface area contributed by atoms with Crippen LogP contribution < -0.4 is 0 Å². The molecule has 1 atom stereocenters. The molecule has 0 saturated heterocycles. The molecule has 3 heteroatoms. The Labute approximate surface area is 138 Å². The highest BCUT2D eigenvalue weighted by Gasteiger charge is 2.16. The number of hydrogen-bond acceptors (Lipinski definition) is 2. The van der Waals surface area contributed by atoms with Gasteiger partial charge in [0.05, 0.1) is 0 Å². The zero-order valence-corrected chi connectivity index (χ0v) is 13.4. The Balaban J connectivity index is 2.01. The van der Waals surface area contributed by atoms with Crippen LogP contribution in [0.3, 0.4) is 0 Å². The fourth-order valence-corrected chi connectivity index (χ4v) is 3.47. The maximum atomic E-state index is 11.5. The number of esters is 1. The van der Waals surface area contributed by atoms with E-state index in [1.165, 1.54) is 26.9 Å². The third-order valence-electron chi connectivity index (χ3n) is 4.42. The van der Waals surface area contributed by atoms with Crippen molar-refractivity contribution in [2.75, 3.05) is 5.88 Å². The number of ether oxygens (including phenoxy) is 1. The molecule has 0 amide bonds. The molecule has 0 heterocycles. The van der Waals surface area contributed by atoms with Crippen LogP contribution in [0.2, 0.25) is 0 Å². The van der Waals surface area contributed by atoms with Crippen molar-refractivity contribution in [3.05, 3.63) is 60.2 Å². The van der Waals surface area contributed by atoms with Gasteiger partial charge >= 0.3 is 5.97 Å². The third-order valence-corrected chi connectivity index (χ3v) is 4.64. The van der Waals surface area contributed by atoms with Crippen LogP contribution in [-0.2, 0) is 9.53 Å². The SMILES string of the molecule is CC(OC(=O)CCl)c1ccc2ccc3cccc4ccc1c2c34. The first-order chi connectivity index (χ1) is 11.2. The summed E-state index contributed by atoms with van der Waals surface area (Å²) in [5, 5.41) is 7.27. The number of halogens is 1. The predicted molar refractivity (Wildman–Crippen MR) is 95.4 cm³/mol. The van der Waals surface area contributed by atoms with Crippen LogP contribution in [0, 0.1) is 0 Å². The van der Waals surface area contributed by atoms with Crippen LogP contribution in [0.4, 0.5) is 0 Å². The van der Waals surface area contributed by atoms with E-state index < -0.39 is 5.97 Å². The van der Waals surface area contributed by atoms with Gasteiger partial charge in [0.25, 0.3) is 0 Å². The lowest BCUT2D eigenvalue weighted by molar-refractivity contribution is -0.145. The van der Waals surface area contributed by atoms with Gasteiger partial charge in [0.2, 0.25) is 0 Å². The Morgan fingerprint density at radius 2 is 1.57 bits per heavy atom. The summed E-state index contributed by atoms with van der Waals surface area (Å²) in [5.74, 6) is -0.527. The molecule has 0 aliphatic rings. The van der Waals surface area contributed by atoms with Crippen molar-refractivity contribution in [2.24, 2.45) is 0 Å². The Morgan fingerprint density at radius 3 is 2.26 bits per heavy atom. The third kappa shape index (κ3) is 2.22. The minimum atomic E-state index is -0.398. The summed E-state index contributed by atoms with van der Waals surface area (Å²) in [4.78, 5) is 11.5. The van der Waals surface area contributed by atoms with E-state index >= 15 is 0 Å². The molecule has 0 fully saturated rings. The van der Waals surface area contributed by atoms with Crippen LogP contribution in [0.5, 0.6) is 0 Å². The number of carbonyl (C=O) groups is 1. The molecule has 0 aliphatic heterocycles. The lowest BCUT2D eigenvalue weighted by Crippen LogP contribution is -2.10. The van der Waals surface area contributed by atoms with Gasteiger partial charge in [0.15, 0.2) is 0 Å². The Morgan fingerprint density at radius 1 is 0.957 bits per heavy atom. The highest BCUT2D eigenvalue weighted by molar-refractivity contribution is 6.26. The van der Waals surface area contributed by atoms with Gasteiger partial charge in [-0.05, 0) is 39.2 Å².